The van der Waals surface area contributed by atoms with E-state index >= 15 is 0 Å². The Labute approximate surface area is 253 Å². The van der Waals surface area contributed by atoms with Crippen LogP contribution in [0.15, 0.2) is 70.2 Å². The van der Waals surface area contributed by atoms with E-state index in [0.717, 1.165) is 12.0 Å². The van der Waals surface area contributed by atoms with Crippen LogP contribution in [0.1, 0.15) is 62.5 Å². The highest BCUT2D eigenvalue weighted by molar-refractivity contribution is 9.10. The fraction of sp³-hybridized carbons (Fsp3) is 0.323. The molecule has 0 spiro atoms. The molecule has 3 aromatic rings. The number of nitrogens with one attached hydrogen (secondary N) is 1. The fourth-order valence-corrected chi connectivity index (χ4v) is 5.06. The highest BCUT2D eigenvalue weighted by Gasteiger charge is 2.30. The first-order valence-corrected chi connectivity index (χ1v) is 13.9. The second-order valence-corrected chi connectivity index (χ2v) is 12.3. The third kappa shape index (κ3) is 8.87. The van der Waals surface area contributed by atoms with E-state index in [0.29, 0.717) is 15.6 Å². The molecule has 1 N–H and O–H groups in total. The number of nitrogens with zero attached hydrogens (tertiary/aromatic N) is 2. The molecule has 1 amide bonds. The molecule has 0 bridgehead atoms. The second kappa shape index (κ2) is 13.6. The van der Waals surface area contributed by atoms with E-state index in [-0.39, 0.29) is 33.8 Å². The van der Waals surface area contributed by atoms with Gasteiger partial charge in [-0.05, 0) is 80.7 Å². The molecule has 0 aliphatic rings. The number of hydrogen-bond acceptors (Lipinski definition) is 8. The normalized spacial score (nSPS) is 11.7. The zero-order valence-corrected chi connectivity index (χ0v) is 26.0. The van der Waals surface area contributed by atoms with Crippen molar-refractivity contribution in [2.75, 3.05) is 13.7 Å². The Morgan fingerprint density at radius 3 is 2.33 bits per heavy atom. The number of halogens is 1. The number of carbonyl (C=O) groups is 2. The number of hydrogen-bond donors (Lipinski definition) is 1. The lowest BCUT2D eigenvalue weighted by Gasteiger charge is -2.33. The molecule has 0 aliphatic heterocycles. The van der Waals surface area contributed by atoms with Crippen molar-refractivity contribution < 1.29 is 28.7 Å². The number of nitro groups is 1. The summed E-state index contributed by atoms with van der Waals surface area (Å²) in [5.41, 5.74) is 3.59. The molecule has 0 unspecified atom stereocenters. The molecule has 222 valence electrons. The van der Waals surface area contributed by atoms with Gasteiger partial charge in [0.15, 0.2) is 23.9 Å². The van der Waals surface area contributed by atoms with Gasteiger partial charge in [-0.25, -0.2) is 10.2 Å². The van der Waals surface area contributed by atoms with Gasteiger partial charge in [0.1, 0.15) is 0 Å². The average Bonchev–Trinajstić information content (AvgIpc) is 2.91. The van der Waals surface area contributed by atoms with Crippen molar-refractivity contribution in [2.24, 2.45) is 10.5 Å². The van der Waals surface area contributed by atoms with Crippen molar-refractivity contribution in [1.82, 2.24) is 5.43 Å². The quantitative estimate of drug-likeness (QED) is 0.0800. The molecule has 0 aromatic heterocycles. The monoisotopic (exact) mass is 639 g/mol. The summed E-state index contributed by atoms with van der Waals surface area (Å²) in [4.78, 5) is 36.1. The van der Waals surface area contributed by atoms with E-state index in [1.807, 2.05) is 13.8 Å². The maximum atomic E-state index is 12.5. The second-order valence-electron chi connectivity index (χ2n) is 11.4. The van der Waals surface area contributed by atoms with Gasteiger partial charge in [-0.2, -0.15) is 5.10 Å². The van der Waals surface area contributed by atoms with Crippen molar-refractivity contribution in [3.8, 4) is 17.2 Å². The van der Waals surface area contributed by atoms with Crippen molar-refractivity contribution in [3.05, 3.63) is 91.9 Å². The summed E-state index contributed by atoms with van der Waals surface area (Å²) in [5.74, 6) is -0.675. The number of benzene rings is 3. The minimum atomic E-state index is -0.608. The Balaban J connectivity index is 1.62. The van der Waals surface area contributed by atoms with Crippen LogP contribution in [0.5, 0.6) is 17.2 Å². The number of ether oxygens (including phenoxy) is 3. The summed E-state index contributed by atoms with van der Waals surface area (Å²) in [6, 6.07) is 16.5. The van der Waals surface area contributed by atoms with Crippen LogP contribution in [-0.2, 0) is 10.2 Å². The van der Waals surface area contributed by atoms with E-state index in [1.54, 1.807) is 48.5 Å². The lowest BCUT2D eigenvalue weighted by atomic mass is 9.72. The molecule has 0 saturated heterocycles. The standard InChI is InChI=1S/C31H34BrN3O7/c1-30(2,3)19-31(4,5)21-12-14-25(24(16-21)35(38)39)41-18-28(36)34-33-17-20-11-13-26(27(15-20)40-6)42-29(37)22-9-7-8-10-23(22)32/h7-17H,18-19H2,1-6H3,(H,34,36). The topological polar surface area (TPSA) is 129 Å². The first-order valence-electron chi connectivity index (χ1n) is 13.1. The Morgan fingerprint density at radius 2 is 1.69 bits per heavy atom. The van der Waals surface area contributed by atoms with E-state index in [1.165, 1.54) is 25.5 Å². The van der Waals surface area contributed by atoms with Crippen LogP contribution in [0.3, 0.4) is 0 Å². The number of rotatable bonds is 11. The first-order chi connectivity index (χ1) is 19.7. The lowest BCUT2D eigenvalue weighted by molar-refractivity contribution is -0.385. The van der Waals surface area contributed by atoms with Crippen LogP contribution in [0.2, 0.25) is 0 Å². The molecule has 0 aliphatic carbocycles. The summed E-state index contributed by atoms with van der Waals surface area (Å²) in [5, 5.41) is 15.7. The van der Waals surface area contributed by atoms with E-state index in [9.17, 15) is 19.7 Å². The van der Waals surface area contributed by atoms with Gasteiger partial charge in [-0.15, -0.1) is 0 Å². The van der Waals surface area contributed by atoms with E-state index < -0.39 is 23.4 Å². The average molecular weight is 641 g/mol. The minimum absolute atomic E-state index is 0.00755. The minimum Gasteiger partial charge on any atom is -0.493 e. The smallest absolute Gasteiger partial charge is 0.344 e. The first kappa shape index (κ1) is 32.3. The molecule has 42 heavy (non-hydrogen) atoms. The third-order valence-electron chi connectivity index (χ3n) is 6.16. The van der Waals surface area contributed by atoms with Crippen molar-refractivity contribution in [3.63, 3.8) is 0 Å². The Morgan fingerprint density at radius 1 is 1.00 bits per heavy atom. The number of amides is 1. The predicted molar refractivity (Wildman–Crippen MR) is 164 cm³/mol. The van der Waals surface area contributed by atoms with Gasteiger partial charge >= 0.3 is 11.7 Å². The van der Waals surface area contributed by atoms with Crippen LogP contribution in [0, 0.1) is 15.5 Å². The summed E-state index contributed by atoms with van der Waals surface area (Å²) >= 11 is 3.33. The van der Waals surface area contributed by atoms with E-state index in [4.69, 9.17) is 14.2 Å². The Bertz CT molecular complexity index is 1500. The SMILES string of the molecule is COc1cc(C=NNC(=O)COc2ccc(C(C)(C)CC(C)(C)C)cc2[N+](=O)[O-])ccc1OC(=O)c1ccccc1Br. The van der Waals surface area contributed by atoms with Crippen LogP contribution < -0.4 is 19.6 Å². The molecule has 10 nitrogen and oxygen atoms in total. The van der Waals surface area contributed by atoms with Gasteiger partial charge in [0.25, 0.3) is 5.91 Å². The zero-order chi connectivity index (χ0) is 31.1. The summed E-state index contributed by atoms with van der Waals surface area (Å²) < 4.78 is 16.9. The summed E-state index contributed by atoms with van der Waals surface area (Å²) in [6.07, 6.45) is 2.19. The molecular weight excluding hydrogens is 606 g/mol. The largest absolute Gasteiger partial charge is 0.493 e. The Hall–Kier alpha value is -4.25. The van der Waals surface area contributed by atoms with Crippen LogP contribution in [0.4, 0.5) is 5.69 Å². The molecule has 3 aromatic carbocycles. The van der Waals surface area contributed by atoms with Gasteiger partial charge in [0, 0.05) is 10.5 Å². The summed E-state index contributed by atoms with van der Waals surface area (Å²) in [6.45, 7) is 9.98. The molecule has 0 atom stereocenters. The highest BCUT2D eigenvalue weighted by atomic mass is 79.9. The number of hydrazone groups is 1. The predicted octanol–water partition coefficient (Wildman–Crippen LogP) is 6.83. The van der Waals surface area contributed by atoms with Gasteiger partial charge in [-0.1, -0.05) is 52.8 Å². The van der Waals surface area contributed by atoms with E-state index in [2.05, 4.69) is 47.2 Å². The number of methoxy groups -OCH3 is 1. The summed E-state index contributed by atoms with van der Waals surface area (Å²) in [7, 11) is 1.43. The molecule has 0 fully saturated rings. The van der Waals surface area contributed by atoms with Crippen LogP contribution in [-0.4, -0.2) is 36.7 Å². The number of nitro benzene ring substituents is 1. The lowest BCUT2D eigenvalue weighted by Crippen LogP contribution is -2.26. The molecular formula is C31H34BrN3O7. The number of esters is 1. The number of carbonyl (C=O) groups excluding carboxylic acids is 2. The van der Waals surface area contributed by atoms with Gasteiger partial charge < -0.3 is 14.2 Å². The zero-order valence-electron chi connectivity index (χ0n) is 24.4. The fourth-order valence-electron chi connectivity index (χ4n) is 4.62. The maximum absolute atomic E-state index is 12.5. The molecule has 0 radical (unpaired) electrons. The van der Waals surface area contributed by atoms with Crippen molar-refractivity contribution in [2.45, 2.75) is 46.5 Å². The maximum Gasteiger partial charge on any atom is 0.344 e. The third-order valence-corrected chi connectivity index (χ3v) is 6.85. The molecule has 11 heteroatoms. The molecule has 0 saturated carbocycles. The van der Waals surface area contributed by atoms with Crippen molar-refractivity contribution >= 4 is 39.7 Å². The van der Waals surface area contributed by atoms with Crippen LogP contribution in [0.25, 0.3) is 0 Å². The van der Waals surface area contributed by atoms with Gasteiger partial charge in [0.05, 0.1) is 23.8 Å². The van der Waals surface area contributed by atoms with Gasteiger partial charge in [0.2, 0.25) is 0 Å². The molecule has 3 rings (SSSR count). The van der Waals surface area contributed by atoms with Crippen LogP contribution >= 0.6 is 15.9 Å². The highest BCUT2D eigenvalue weighted by Crippen LogP contribution is 2.39. The molecule has 0 heterocycles. The van der Waals surface area contributed by atoms with Crippen molar-refractivity contribution in [1.29, 1.82) is 0 Å². The van der Waals surface area contributed by atoms with Gasteiger partial charge in [-0.3, -0.25) is 14.9 Å². The Kier molecular flexibility index (Phi) is 10.5.